The molecule has 4 rings (SSSR count). The molecule has 9 heteroatoms. The van der Waals surface area contributed by atoms with Crippen molar-refractivity contribution in [1.82, 2.24) is 20.3 Å². The number of benzene rings is 1. The van der Waals surface area contributed by atoms with E-state index < -0.39 is 6.09 Å². The molecule has 1 aromatic carbocycles. The second-order valence-electron chi connectivity index (χ2n) is 6.63. The molecular formula is C19H19ClN6O2. The predicted molar refractivity (Wildman–Crippen MR) is 108 cm³/mol. The summed E-state index contributed by atoms with van der Waals surface area (Å²) in [5, 5.41) is 15.4. The monoisotopic (exact) mass is 398 g/mol. The number of hydrogen-bond donors (Lipinski definition) is 3. The van der Waals surface area contributed by atoms with Gasteiger partial charge in [0, 0.05) is 38.2 Å². The van der Waals surface area contributed by atoms with Crippen molar-refractivity contribution in [2.45, 2.75) is 19.0 Å². The Bertz CT molecular complexity index is 1010. The molecule has 1 aliphatic rings. The van der Waals surface area contributed by atoms with Crippen molar-refractivity contribution >= 4 is 40.1 Å². The van der Waals surface area contributed by atoms with Gasteiger partial charge in [-0.05, 0) is 24.1 Å². The van der Waals surface area contributed by atoms with Gasteiger partial charge in [-0.2, -0.15) is 0 Å². The van der Waals surface area contributed by atoms with Gasteiger partial charge in [-0.3, -0.25) is 15.0 Å². The van der Waals surface area contributed by atoms with Crippen LogP contribution in [0.15, 0.2) is 43.0 Å². The lowest BCUT2D eigenvalue weighted by atomic mass is 10.2. The number of amides is 1. The molecule has 1 saturated heterocycles. The summed E-state index contributed by atoms with van der Waals surface area (Å²) in [5.74, 6) is 0. The number of rotatable bonds is 5. The standard InChI is InChI=1S/C19H19ClN6O2/c20-14-9-21-10-17(18(14)26-6-3-13(11-26)25-19(27)28)24-8-12-1-2-15-16(7-12)23-5-4-22-15/h1-2,4-5,7,9-10,13,24-25H,3,6,8,11H2,(H,27,28). The number of nitrogens with one attached hydrogen (secondary N) is 2. The Morgan fingerprint density at radius 3 is 2.89 bits per heavy atom. The van der Waals surface area contributed by atoms with E-state index in [2.05, 4.69) is 30.5 Å². The number of pyridine rings is 1. The maximum absolute atomic E-state index is 10.9. The highest BCUT2D eigenvalue weighted by atomic mass is 35.5. The Balaban J connectivity index is 1.52. The van der Waals surface area contributed by atoms with Crippen molar-refractivity contribution in [3.63, 3.8) is 0 Å². The van der Waals surface area contributed by atoms with Gasteiger partial charge in [-0.25, -0.2) is 4.79 Å². The zero-order valence-corrected chi connectivity index (χ0v) is 15.7. The first-order chi connectivity index (χ1) is 13.6. The molecule has 8 nitrogen and oxygen atoms in total. The Kier molecular flexibility index (Phi) is 5.12. The van der Waals surface area contributed by atoms with E-state index in [-0.39, 0.29) is 6.04 Å². The molecule has 0 bridgehead atoms. The molecule has 3 heterocycles. The lowest BCUT2D eigenvalue weighted by molar-refractivity contribution is 0.191. The second-order valence-corrected chi connectivity index (χ2v) is 7.04. The van der Waals surface area contributed by atoms with Crippen molar-refractivity contribution < 1.29 is 9.90 Å². The summed E-state index contributed by atoms with van der Waals surface area (Å²) in [5.41, 5.74) is 4.40. The van der Waals surface area contributed by atoms with Crippen LogP contribution < -0.4 is 15.5 Å². The molecule has 3 N–H and O–H groups in total. The third kappa shape index (κ3) is 3.91. The van der Waals surface area contributed by atoms with Gasteiger partial charge in [0.15, 0.2) is 0 Å². The third-order valence-electron chi connectivity index (χ3n) is 4.72. The SMILES string of the molecule is O=C(O)NC1CCN(c2c(Cl)cncc2NCc2ccc3nccnc3c2)C1. The van der Waals surface area contributed by atoms with Crippen LogP contribution in [0.5, 0.6) is 0 Å². The van der Waals surface area contributed by atoms with Gasteiger partial charge in [0.1, 0.15) is 0 Å². The number of halogens is 1. The summed E-state index contributed by atoms with van der Waals surface area (Å²) in [6.07, 6.45) is 6.41. The number of nitrogens with zero attached hydrogens (tertiary/aromatic N) is 4. The summed E-state index contributed by atoms with van der Waals surface area (Å²) in [6.45, 7) is 1.86. The quantitative estimate of drug-likeness (QED) is 0.606. The van der Waals surface area contributed by atoms with Crippen LogP contribution in [0, 0.1) is 0 Å². The van der Waals surface area contributed by atoms with Gasteiger partial charge in [-0.1, -0.05) is 17.7 Å². The first kappa shape index (κ1) is 18.2. The molecule has 1 amide bonds. The molecule has 1 fully saturated rings. The van der Waals surface area contributed by atoms with Crippen molar-refractivity contribution in [2.24, 2.45) is 0 Å². The van der Waals surface area contributed by atoms with Crippen molar-refractivity contribution in [2.75, 3.05) is 23.3 Å². The minimum Gasteiger partial charge on any atom is -0.465 e. The van der Waals surface area contributed by atoms with E-state index in [1.54, 1.807) is 24.8 Å². The van der Waals surface area contributed by atoms with Crippen LogP contribution in [-0.2, 0) is 6.54 Å². The van der Waals surface area contributed by atoms with E-state index in [4.69, 9.17) is 16.7 Å². The number of aromatic nitrogens is 3. The number of carbonyl (C=O) groups is 1. The van der Waals surface area contributed by atoms with Crippen LogP contribution in [0.25, 0.3) is 11.0 Å². The van der Waals surface area contributed by atoms with Gasteiger partial charge >= 0.3 is 6.09 Å². The lowest BCUT2D eigenvalue weighted by Gasteiger charge is -2.23. The zero-order valence-electron chi connectivity index (χ0n) is 15.0. The Morgan fingerprint density at radius 1 is 1.25 bits per heavy atom. The molecule has 0 saturated carbocycles. The van der Waals surface area contributed by atoms with Crippen molar-refractivity contribution in [3.05, 3.63) is 53.6 Å². The fraction of sp³-hybridized carbons (Fsp3) is 0.263. The molecule has 0 radical (unpaired) electrons. The van der Waals surface area contributed by atoms with Gasteiger partial charge < -0.3 is 20.6 Å². The molecular weight excluding hydrogens is 380 g/mol. The first-order valence-corrected chi connectivity index (χ1v) is 9.29. The number of fused-ring (bicyclic) bond motifs is 1. The van der Waals surface area contributed by atoms with Crippen LogP contribution in [-0.4, -0.2) is 45.3 Å². The Hall–Kier alpha value is -3.13. The smallest absolute Gasteiger partial charge is 0.404 e. The normalized spacial score (nSPS) is 16.3. The van der Waals surface area contributed by atoms with Crippen LogP contribution in [0.1, 0.15) is 12.0 Å². The number of anilines is 2. The van der Waals surface area contributed by atoms with Gasteiger partial charge in [-0.15, -0.1) is 0 Å². The second kappa shape index (κ2) is 7.85. The fourth-order valence-electron chi connectivity index (χ4n) is 3.45. The Morgan fingerprint density at radius 2 is 2.07 bits per heavy atom. The fourth-order valence-corrected chi connectivity index (χ4v) is 3.73. The minimum atomic E-state index is -1.01. The Labute approximate surface area is 166 Å². The highest BCUT2D eigenvalue weighted by molar-refractivity contribution is 6.33. The van der Waals surface area contributed by atoms with E-state index in [1.807, 2.05) is 18.2 Å². The average Bonchev–Trinajstić information content (AvgIpc) is 3.13. The van der Waals surface area contributed by atoms with Crippen LogP contribution in [0.4, 0.5) is 16.2 Å². The van der Waals surface area contributed by atoms with Gasteiger partial charge in [0.25, 0.3) is 0 Å². The van der Waals surface area contributed by atoms with Crippen LogP contribution >= 0.6 is 11.6 Å². The molecule has 3 aromatic rings. The van der Waals surface area contributed by atoms with E-state index in [9.17, 15) is 4.79 Å². The minimum absolute atomic E-state index is 0.117. The summed E-state index contributed by atoms with van der Waals surface area (Å²) in [6, 6.07) is 5.83. The largest absolute Gasteiger partial charge is 0.465 e. The molecule has 1 atom stereocenters. The summed E-state index contributed by atoms with van der Waals surface area (Å²) >= 11 is 6.42. The highest BCUT2D eigenvalue weighted by Gasteiger charge is 2.27. The summed E-state index contributed by atoms with van der Waals surface area (Å²) in [4.78, 5) is 25.8. The number of carboxylic acid groups (broad SMARTS) is 1. The average molecular weight is 399 g/mol. The molecule has 2 aromatic heterocycles. The van der Waals surface area contributed by atoms with Crippen LogP contribution in [0.2, 0.25) is 5.02 Å². The van der Waals surface area contributed by atoms with Crippen molar-refractivity contribution in [3.8, 4) is 0 Å². The molecule has 28 heavy (non-hydrogen) atoms. The summed E-state index contributed by atoms with van der Waals surface area (Å²) < 4.78 is 0. The predicted octanol–water partition coefficient (Wildman–Crippen LogP) is 3.14. The molecule has 0 spiro atoms. The van der Waals surface area contributed by atoms with E-state index in [0.717, 1.165) is 40.9 Å². The van der Waals surface area contributed by atoms with Crippen LogP contribution in [0.3, 0.4) is 0 Å². The third-order valence-corrected chi connectivity index (χ3v) is 5.00. The maximum atomic E-state index is 10.9. The topological polar surface area (TPSA) is 103 Å². The highest BCUT2D eigenvalue weighted by Crippen LogP contribution is 2.35. The molecule has 1 aliphatic heterocycles. The van der Waals surface area contributed by atoms with E-state index in [1.165, 1.54) is 0 Å². The first-order valence-electron chi connectivity index (χ1n) is 8.91. The molecule has 144 valence electrons. The molecule has 1 unspecified atom stereocenters. The van der Waals surface area contributed by atoms with Gasteiger partial charge in [0.2, 0.25) is 0 Å². The molecule has 0 aliphatic carbocycles. The van der Waals surface area contributed by atoms with E-state index >= 15 is 0 Å². The summed E-state index contributed by atoms with van der Waals surface area (Å²) in [7, 11) is 0. The van der Waals surface area contributed by atoms with E-state index in [0.29, 0.717) is 18.1 Å². The zero-order chi connectivity index (χ0) is 19.5. The lowest BCUT2D eigenvalue weighted by Crippen LogP contribution is -2.36. The van der Waals surface area contributed by atoms with Crippen molar-refractivity contribution in [1.29, 1.82) is 0 Å². The maximum Gasteiger partial charge on any atom is 0.404 e. The number of hydrogen-bond acceptors (Lipinski definition) is 6. The van der Waals surface area contributed by atoms with Gasteiger partial charge in [0.05, 0.1) is 39.7 Å².